The van der Waals surface area contributed by atoms with Gasteiger partial charge in [0.25, 0.3) is 5.69 Å². The first-order valence-electron chi connectivity index (χ1n) is 5.89. The maximum Gasteiger partial charge on any atom is 0.280 e. The van der Waals surface area contributed by atoms with Gasteiger partial charge in [0.2, 0.25) is 0 Å². The fraction of sp³-hybridized carbons (Fsp3) is 0. The average Bonchev–Trinajstić information content (AvgIpc) is 2.46. The van der Waals surface area contributed by atoms with E-state index in [0.29, 0.717) is 4.47 Å². The Morgan fingerprint density at radius 2 is 1.67 bits per heavy atom. The van der Waals surface area contributed by atoms with Crippen LogP contribution < -0.4 is 0 Å². The number of carbonyl (C=O) groups excluding carboxylic acids is 1. The summed E-state index contributed by atoms with van der Waals surface area (Å²) in [7, 11) is 0. The molecule has 2 aromatic carbocycles. The molecule has 0 fully saturated rings. The van der Waals surface area contributed by atoms with Gasteiger partial charge < -0.3 is 0 Å². The number of halogens is 2. The largest absolute Gasteiger partial charge is 0.289 e. The van der Waals surface area contributed by atoms with Gasteiger partial charge in [0.15, 0.2) is 5.78 Å². The van der Waals surface area contributed by atoms with E-state index in [0.717, 1.165) is 10.0 Å². The summed E-state index contributed by atoms with van der Waals surface area (Å²) in [4.78, 5) is 22.5. The first kappa shape index (κ1) is 15.6. The zero-order valence-corrected chi connectivity index (χ0v) is 13.8. The van der Waals surface area contributed by atoms with Crippen LogP contribution in [0.4, 0.5) is 5.69 Å². The lowest BCUT2D eigenvalue weighted by Crippen LogP contribution is -2.01. The average molecular weight is 411 g/mol. The van der Waals surface area contributed by atoms with Crippen molar-refractivity contribution in [3.8, 4) is 0 Å². The standard InChI is InChI=1S/C15H9Br2NO3/c16-11-4-1-10(2-5-11)3-8-15(19)13-9-12(17)6-7-14(13)18(20)21/h1-9H. The maximum absolute atomic E-state index is 12.1. The van der Waals surface area contributed by atoms with Gasteiger partial charge in [-0.2, -0.15) is 0 Å². The number of hydrogen-bond acceptors (Lipinski definition) is 3. The molecule has 0 N–H and O–H groups in total. The predicted molar refractivity (Wildman–Crippen MR) is 88.3 cm³/mol. The van der Waals surface area contributed by atoms with Crippen molar-refractivity contribution in [3.05, 3.63) is 78.7 Å². The molecule has 0 radical (unpaired) electrons. The number of hydrogen-bond donors (Lipinski definition) is 0. The number of allylic oxidation sites excluding steroid dienone is 1. The highest BCUT2D eigenvalue weighted by Crippen LogP contribution is 2.24. The first-order valence-corrected chi connectivity index (χ1v) is 7.48. The summed E-state index contributed by atoms with van der Waals surface area (Å²) >= 11 is 6.54. The second-order valence-electron chi connectivity index (χ2n) is 4.17. The summed E-state index contributed by atoms with van der Waals surface area (Å²) in [5, 5.41) is 11.0. The minimum Gasteiger partial charge on any atom is -0.289 e. The minimum atomic E-state index is -0.562. The Kier molecular flexibility index (Phi) is 5.03. The zero-order valence-electron chi connectivity index (χ0n) is 10.6. The van der Waals surface area contributed by atoms with Crippen LogP contribution in [0.25, 0.3) is 6.08 Å². The van der Waals surface area contributed by atoms with Crippen LogP contribution in [0.1, 0.15) is 15.9 Å². The molecule has 4 nitrogen and oxygen atoms in total. The summed E-state index contributed by atoms with van der Waals surface area (Å²) in [6.07, 6.45) is 2.96. The fourth-order valence-corrected chi connectivity index (χ4v) is 2.33. The molecule has 0 bridgehead atoms. The fourth-order valence-electron chi connectivity index (χ4n) is 1.70. The van der Waals surface area contributed by atoms with E-state index in [-0.39, 0.29) is 11.3 Å². The Labute approximate surface area is 137 Å². The van der Waals surface area contributed by atoms with Crippen LogP contribution >= 0.6 is 31.9 Å². The van der Waals surface area contributed by atoms with Crippen molar-refractivity contribution in [2.45, 2.75) is 0 Å². The summed E-state index contributed by atoms with van der Waals surface area (Å²) in [5.41, 5.74) is 0.690. The third kappa shape index (κ3) is 4.09. The predicted octanol–water partition coefficient (Wildman–Crippen LogP) is 5.02. The molecule has 0 aromatic heterocycles. The molecule has 6 heteroatoms. The molecular formula is C15H9Br2NO3. The molecule has 0 amide bonds. The van der Waals surface area contributed by atoms with E-state index in [1.54, 1.807) is 6.08 Å². The molecular weight excluding hydrogens is 402 g/mol. The topological polar surface area (TPSA) is 60.2 Å². The summed E-state index contributed by atoms with van der Waals surface area (Å²) in [6, 6.07) is 11.7. The van der Waals surface area contributed by atoms with E-state index < -0.39 is 10.7 Å². The first-order chi connectivity index (χ1) is 9.97. The summed E-state index contributed by atoms with van der Waals surface area (Å²) < 4.78 is 1.56. The van der Waals surface area contributed by atoms with Gasteiger partial charge in [0.1, 0.15) is 5.56 Å². The summed E-state index contributed by atoms with van der Waals surface area (Å²) in [6.45, 7) is 0. The summed E-state index contributed by atoms with van der Waals surface area (Å²) in [5.74, 6) is -0.411. The van der Waals surface area contributed by atoms with Crippen molar-refractivity contribution in [1.29, 1.82) is 0 Å². The van der Waals surface area contributed by atoms with E-state index >= 15 is 0 Å². The molecule has 2 rings (SSSR count). The Hall–Kier alpha value is -1.79. The van der Waals surface area contributed by atoms with Crippen molar-refractivity contribution < 1.29 is 9.72 Å². The van der Waals surface area contributed by atoms with Gasteiger partial charge >= 0.3 is 0 Å². The smallest absolute Gasteiger partial charge is 0.280 e. The van der Waals surface area contributed by atoms with Gasteiger partial charge in [0, 0.05) is 15.0 Å². The molecule has 0 aliphatic carbocycles. The molecule has 0 unspecified atom stereocenters. The molecule has 0 spiro atoms. The van der Waals surface area contributed by atoms with E-state index in [2.05, 4.69) is 31.9 Å². The van der Waals surface area contributed by atoms with Crippen LogP contribution in [0.15, 0.2) is 57.5 Å². The lowest BCUT2D eigenvalue weighted by atomic mass is 10.1. The molecule has 21 heavy (non-hydrogen) atoms. The SMILES string of the molecule is O=C(C=Cc1ccc(Br)cc1)c1cc(Br)ccc1[N+](=O)[O-]. The number of carbonyl (C=O) groups is 1. The highest BCUT2D eigenvalue weighted by Gasteiger charge is 2.18. The molecule has 2 aromatic rings. The van der Waals surface area contributed by atoms with Gasteiger partial charge in [-0.05, 0) is 35.9 Å². The third-order valence-electron chi connectivity index (χ3n) is 2.72. The molecule has 0 saturated carbocycles. The number of nitro benzene ring substituents is 1. The molecule has 0 atom stereocenters. The number of rotatable bonds is 4. The van der Waals surface area contributed by atoms with Crippen molar-refractivity contribution >= 4 is 49.4 Å². The Morgan fingerprint density at radius 3 is 2.29 bits per heavy atom. The lowest BCUT2D eigenvalue weighted by molar-refractivity contribution is -0.385. The van der Waals surface area contributed by atoms with E-state index in [1.165, 1.54) is 24.3 Å². The highest BCUT2D eigenvalue weighted by molar-refractivity contribution is 9.10. The van der Waals surface area contributed by atoms with Crippen LogP contribution in [-0.4, -0.2) is 10.7 Å². The highest BCUT2D eigenvalue weighted by atomic mass is 79.9. The monoisotopic (exact) mass is 409 g/mol. The molecule has 0 aliphatic heterocycles. The van der Waals surface area contributed by atoms with Gasteiger partial charge in [0.05, 0.1) is 4.92 Å². The molecule has 106 valence electrons. The number of nitro groups is 1. The van der Waals surface area contributed by atoms with E-state index in [9.17, 15) is 14.9 Å². The number of ketones is 1. The zero-order chi connectivity index (χ0) is 15.4. The number of benzene rings is 2. The van der Waals surface area contributed by atoms with E-state index in [1.807, 2.05) is 24.3 Å². The number of nitrogens with zero attached hydrogens (tertiary/aromatic N) is 1. The van der Waals surface area contributed by atoms with Crippen LogP contribution in [0.2, 0.25) is 0 Å². The maximum atomic E-state index is 12.1. The molecule has 0 aliphatic rings. The molecule has 0 saturated heterocycles. The van der Waals surface area contributed by atoms with Crippen LogP contribution in [-0.2, 0) is 0 Å². The Bertz CT molecular complexity index is 724. The quantitative estimate of drug-likeness (QED) is 0.308. The van der Waals surface area contributed by atoms with Gasteiger partial charge in [-0.25, -0.2) is 0 Å². The second-order valence-corrected chi connectivity index (χ2v) is 6.00. The van der Waals surface area contributed by atoms with Crippen LogP contribution in [0, 0.1) is 10.1 Å². The lowest BCUT2D eigenvalue weighted by Gasteiger charge is -2.00. The second kappa shape index (κ2) is 6.78. The normalized spacial score (nSPS) is 10.8. The van der Waals surface area contributed by atoms with E-state index in [4.69, 9.17) is 0 Å². The van der Waals surface area contributed by atoms with Crippen molar-refractivity contribution in [2.75, 3.05) is 0 Å². The van der Waals surface area contributed by atoms with Crippen molar-refractivity contribution in [1.82, 2.24) is 0 Å². The van der Waals surface area contributed by atoms with Gasteiger partial charge in [-0.1, -0.05) is 50.1 Å². The Balaban J connectivity index is 2.30. The minimum absolute atomic E-state index is 0.0581. The van der Waals surface area contributed by atoms with Gasteiger partial charge in [-0.15, -0.1) is 0 Å². The van der Waals surface area contributed by atoms with Crippen molar-refractivity contribution in [3.63, 3.8) is 0 Å². The third-order valence-corrected chi connectivity index (χ3v) is 3.74. The van der Waals surface area contributed by atoms with Gasteiger partial charge in [-0.3, -0.25) is 14.9 Å². The molecule has 0 heterocycles. The van der Waals surface area contributed by atoms with Crippen molar-refractivity contribution in [2.24, 2.45) is 0 Å². The van der Waals surface area contributed by atoms with Crippen LogP contribution in [0.3, 0.4) is 0 Å². The Morgan fingerprint density at radius 1 is 1.05 bits per heavy atom. The van der Waals surface area contributed by atoms with Crippen LogP contribution in [0.5, 0.6) is 0 Å².